The molecular formula is C19H27N3O3. The van der Waals surface area contributed by atoms with Gasteiger partial charge in [0.2, 0.25) is 17.7 Å². The summed E-state index contributed by atoms with van der Waals surface area (Å²) in [7, 11) is 0. The third kappa shape index (κ3) is 6.21. The summed E-state index contributed by atoms with van der Waals surface area (Å²) >= 11 is 0. The summed E-state index contributed by atoms with van der Waals surface area (Å²) in [4.78, 5) is 36.0. The third-order valence-corrected chi connectivity index (χ3v) is 4.21. The third-order valence-electron chi connectivity index (χ3n) is 4.21. The number of benzene rings is 1. The molecule has 2 rings (SSSR count). The number of nitrogens with one attached hydrogen (secondary N) is 3. The Hall–Kier alpha value is -2.37. The van der Waals surface area contributed by atoms with Gasteiger partial charge in [-0.05, 0) is 30.7 Å². The van der Waals surface area contributed by atoms with E-state index < -0.39 is 12.1 Å². The molecule has 0 aliphatic carbocycles. The van der Waals surface area contributed by atoms with Gasteiger partial charge in [0.25, 0.3) is 0 Å². The van der Waals surface area contributed by atoms with Gasteiger partial charge in [0, 0.05) is 13.0 Å². The largest absolute Gasteiger partial charge is 0.356 e. The highest BCUT2D eigenvalue weighted by Gasteiger charge is 2.33. The second kappa shape index (κ2) is 9.20. The fourth-order valence-electron chi connectivity index (χ4n) is 2.87. The summed E-state index contributed by atoms with van der Waals surface area (Å²) in [6, 6.07) is 8.82. The van der Waals surface area contributed by atoms with E-state index in [1.54, 1.807) is 0 Å². The van der Waals surface area contributed by atoms with Crippen molar-refractivity contribution in [3.63, 3.8) is 0 Å². The van der Waals surface area contributed by atoms with E-state index in [1.807, 2.05) is 44.2 Å². The van der Waals surface area contributed by atoms with Crippen molar-refractivity contribution in [2.45, 2.75) is 51.6 Å². The van der Waals surface area contributed by atoms with Gasteiger partial charge in [0.15, 0.2) is 0 Å². The van der Waals surface area contributed by atoms with Gasteiger partial charge in [-0.1, -0.05) is 44.2 Å². The van der Waals surface area contributed by atoms with Crippen molar-refractivity contribution in [1.29, 1.82) is 0 Å². The zero-order chi connectivity index (χ0) is 18.2. The Morgan fingerprint density at radius 1 is 1.08 bits per heavy atom. The molecule has 1 aromatic carbocycles. The lowest BCUT2D eigenvalue weighted by molar-refractivity contribution is -0.137. The summed E-state index contributed by atoms with van der Waals surface area (Å²) in [5, 5.41) is 8.33. The average molecular weight is 345 g/mol. The molecule has 2 unspecified atom stereocenters. The molecule has 3 N–H and O–H groups in total. The van der Waals surface area contributed by atoms with E-state index in [1.165, 1.54) is 0 Å². The first kappa shape index (κ1) is 19.0. The Kier molecular flexibility index (Phi) is 6.98. The first-order valence-electron chi connectivity index (χ1n) is 8.87. The molecule has 1 aliphatic heterocycles. The van der Waals surface area contributed by atoms with Gasteiger partial charge in [-0.25, -0.2) is 0 Å². The number of amides is 3. The number of carbonyl (C=O) groups is 3. The van der Waals surface area contributed by atoms with E-state index >= 15 is 0 Å². The lowest BCUT2D eigenvalue weighted by Gasteiger charge is -2.30. The molecule has 1 aliphatic rings. The van der Waals surface area contributed by atoms with E-state index in [0.717, 1.165) is 12.0 Å². The van der Waals surface area contributed by atoms with Gasteiger partial charge >= 0.3 is 0 Å². The van der Waals surface area contributed by atoms with Crippen LogP contribution in [0.4, 0.5) is 0 Å². The highest BCUT2D eigenvalue weighted by atomic mass is 16.2. The second-order valence-corrected chi connectivity index (χ2v) is 6.88. The Morgan fingerprint density at radius 2 is 1.72 bits per heavy atom. The highest BCUT2D eigenvalue weighted by molar-refractivity contribution is 5.97. The number of hydrogen-bond acceptors (Lipinski definition) is 3. The van der Waals surface area contributed by atoms with Crippen LogP contribution in [0.1, 0.15) is 38.7 Å². The fourth-order valence-corrected chi connectivity index (χ4v) is 2.87. The van der Waals surface area contributed by atoms with Crippen LogP contribution in [0.25, 0.3) is 0 Å². The summed E-state index contributed by atoms with van der Waals surface area (Å²) < 4.78 is 0. The molecular weight excluding hydrogens is 318 g/mol. The number of rotatable bonds is 8. The topological polar surface area (TPSA) is 87.3 Å². The molecule has 0 radical (unpaired) electrons. The molecule has 0 spiro atoms. The summed E-state index contributed by atoms with van der Waals surface area (Å²) in [5.74, 6) is -0.157. The Labute approximate surface area is 148 Å². The minimum atomic E-state index is -0.629. The smallest absolute Gasteiger partial charge is 0.243 e. The van der Waals surface area contributed by atoms with Gasteiger partial charge in [0.1, 0.15) is 12.1 Å². The van der Waals surface area contributed by atoms with E-state index in [-0.39, 0.29) is 24.1 Å². The zero-order valence-corrected chi connectivity index (χ0v) is 14.9. The predicted octanol–water partition coefficient (Wildman–Crippen LogP) is 1.15. The van der Waals surface area contributed by atoms with Crippen molar-refractivity contribution in [1.82, 2.24) is 16.0 Å². The molecule has 1 heterocycles. The summed E-state index contributed by atoms with van der Waals surface area (Å²) in [6.45, 7) is 4.57. The van der Waals surface area contributed by atoms with E-state index in [2.05, 4.69) is 16.0 Å². The van der Waals surface area contributed by atoms with E-state index in [4.69, 9.17) is 0 Å². The normalized spacial score (nSPS) is 20.1. The van der Waals surface area contributed by atoms with E-state index in [9.17, 15) is 14.4 Å². The van der Waals surface area contributed by atoms with Crippen LogP contribution in [0.15, 0.2) is 30.3 Å². The molecule has 0 saturated carbocycles. The Morgan fingerprint density at radius 3 is 2.40 bits per heavy atom. The molecule has 136 valence electrons. The summed E-state index contributed by atoms with van der Waals surface area (Å²) in [5.41, 5.74) is 1.16. The van der Waals surface area contributed by atoms with Crippen molar-refractivity contribution >= 4 is 17.7 Å². The van der Waals surface area contributed by atoms with Crippen LogP contribution in [0.5, 0.6) is 0 Å². The van der Waals surface area contributed by atoms with Crippen LogP contribution < -0.4 is 16.0 Å². The number of hydrogen-bond donors (Lipinski definition) is 3. The van der Waals surface area contributed by atoms with Crippen LogP contribution in [-0.2, 0) is 20.8 Å². The number of carbonyl (C=O) groups excluding carboxylic acids is 3. The van der Waals surface area contributed by atoms with Crippen molar-refractivity contribution < 1.29 is 14.4 Å². The van der Waals surface area contributed by atoms with Gasteiger partial charge in [-0.3, -0.25) is 14.4 Å². The van der Waals surface area contributed by atoms with Crippen molar-refractivity contribution in [3.05, 3.63) is 35.9 Å². The van der Waals surface area contributed by atoms with Gasteiger partial charge < -0.3 is 16.0 Å². The second-order valence-electron chi connectivity index (χ2n) is 6.88. The fraction of sp³-hybridized carbons (Fsp3) is 0.526. The molecule has 1 aromatic rings. The van der Waals surface area contributed by atoms with Crippen LogP contribution in [0.2, 0.25) is 0 Å². The zero-order valence-electron chi connectivity index (χ0n) is 14.9. The molecule has 2 atom stereocenters. The summed E-state index contributed by atoms with van der Waals surface area (Å²) in [6.07, 6.45) is 1.90. The van der Waals surface area contributed by atoms with Gasteiger partial charge in [-0.15, -0.1) is 0 Å². The predicted molar refractivity (Wildman–Crippen MR) is 95.7 cm³/mol. The SMILES string of the molecule is CC(C)CC1NC(=O)C(CCC(=O)NCCc2ccccc2)NC1=O. The number of piperazine rings is 1. The monoisotopic (exact) mass is 345 g/mol. The first-order valence-corrected chi connectivity index (χ1v) is 8.87. The van der Waals surface area contributed by atoms with Crippen LogP contribution in [-0.4, -0.2) is 36.3 Å². The Balaban J connectivity index is 1.69. The molecule has 1 fully saturated rings. The maximum absolute atomic E-state index is 12.1. The van der Waals surface area contributed by atoms with Crippen molar-refractivity contribution in [3.8, 4) is 0 Å². The molecule has 0 bridgehead atoms. The average Bonchev–Trinajstić information content (AvgIpc) is 2.57. The lowest BCUT2D eigenvalue weighted by atomic mass is 9.98. The highest BCUT2D eigenvalue weighted by Crippen LogP contribution is 2.11. The van der Waals surface area contributed by atoms with Crippen molar-refractivity contribution in [2.24, 2.45) is 5.92 Å². The van der Waals surface area contributed by atoms with Crippen LogP contribution in [0, 0.1) is 5.92 Å². The molecule has 25 heavy (non-hydrogen) atoms. The molecule has 6 nitrogen and oxygen atoms in total. The van der Waals surface area contributed by atoms with Crippen LogP contribution in [0.3, 0.4) is 0 Å². The van der Waals surface area contributed by atoms with Gasteiger partial charge in [-0.2, -0.15) is 0 Å². The maximum Gasteiger partial charge on any atom is 0.243 e. The Bertz CT molecular complexity index is 601. The minimum Gasteiger partial charge on any atom is -0.356 e. The van der Waals surface area contributed by atoms with Crippen molar-refractivity contribution in [2.75, 3.05) is 6.54 Å². The quantitative estimate of drug-likeness (QED) is 0.661. The molecule has 6 heteroatoms. The maximum atomic E-state index is 12.1. The minimum absolute atomic E-state index is 0.109. The first-order chi connectivity index (χ1) is 12.0. The molecule has 3 amide bonds. The molecule has 0 aromatic heterocycles. The van der Waals surface area contributed by atoms with E-state index in [0.29, 0.717) is 25.3 Å². The standard InChI is InChI=1S/C19H27N3O3/c1-13(2)12-16-19(25)21-15(18(24)22-16)8-9-17(23)20-11-10-14-6-4-3-5-7-14/h3-7,13,15-16H,8-12H2,1-2H3,(H,20,23)(H,21,25)(H,22,24). The molecule has 1 saturated heterocycles. The van der Waals surface area contributed by atoms with Gasteiger partial charge in [0.05, 0.1) is 0 Å². The lowest BCUT2D eigenvalue weighted by Crippen LogP contribution is -2.62. The van der Waals surface area contributed by atoms with Crippen LogP contribution >= 0.6 is 0 Å².